The Labute approximate surface area is 79.4 Å². The van der Waals surface area contributed by atoms with Crippen molar-refractivity contribution in [3.63, 3.8) is 0 Å². The second-order valence-corrected chi connectivity index (χ2v) is 2.49. The maximum absolute atomic E-state index is 11.3. The fourth-order valence-corrected chi connectivity index (χ4v) is 0.860. The zero-order chi connectivity index (χ0) is 10.6. The number of aryl methyl sites for hydroxylation is 1. The first-order chi connectivity index (χ1) is 6.66. The van der Waals surface area contributed by atoms with E-state index in [0.29, 0.717) is 0 Å². The lowest BCUT2D eigenvalue weighted by atomic mass is 10.5. The van der Waals surface area contributed by atoms with Gasteiger partial charge in [0.15, 0.2) is 0 Å². The highest BCUT2D eigenvalue weighted by Crippen LogP contribution is 1.69. The molecule has 14 heavy (non-hydrogen) atoms. The van der Waals surface area contributed by atoms with Crippen molar-refractivity contribution in [1.29, 1.82) is 0 Å². The molecule has 0 aliphatic heterocycles. The van der Waals surface area contributed by atoms with Crippen molar-refractivity contribution in [3.05, 3.63) is 27.0 Å². The van der Waals surface area contributed by atoms with Crippen LogP contribution in [0.25, 0.3) is 0 Å². The van der Waals surface area contributed by atoms with Crippen LogP contribution in [-0.4, -0.2) is 26.1 Å². The number of hydrogen-bond donors (Lipinski definition) is 1. The zero-order valence-corrected chi connectivity index (χ0v) is 7.60. The SMILES string of the molecule is Cn1ncc(=O)n(CC#CCO)c1=O. The summed E-state index contributed by atoms with van der Waals surface area (Å²) in [7, 11) is 1.44. The van der Waals surface area contributed by atoms with E-state index in [-0.39, 0.29) is 13.2 Å². The fraction of sp³-hybridized carbons (Fsp3) is 0.375. The second-order valence-electron chi connectivity index (χ2n) is 2.49. The van der Waals surface area contributed by atoms with Crippen LogP contribution in [0.4, 0.5) is 0 Å². The number of hydrogen-bond acceptors (Lipinski definition) is 4. The summed E-state index contributed by atoms with van der Waals surface area (Å²) in [6, 6.07) is 0. The molecule has 0 fully saturated rings. The molecule has 74 valence electrons. The molecule has 1 aromatic heterocycles. The van der Waals surface area contributed by atoms with Gasteiger partial charge in [0.1, 0.15) is 12.8 Å². The maximum Gasteiger partial charge on any atom is 0.348 e. The van der Waals surface area contributed by atoms with Crippen LogP contribution in [0.15, 0.2) is 15.8 Å². The number of rotatable bonds is 1. The molecule has 1 rings (SSSR count). The lowest BCUT2D eigenvalue weighted by Crippen LogP contribution is -2.39. The number of aliphatic hydroxyl groups excluding tert-OH is 1. The monoisotopic (exact) mass is 195 g/mol. The molecule has 1 aromatic rings. The van der Waals surface area contributed by atoms with Crippen LogP contribution < -0.4 is 11.2 Å². The van der Waals surface area contributed by atoms with Crippen molar-refractivity contribution in [1.82, 2.24) is 14.3 Å². The van der Waals surface area contributed by atoms with Crippen molar-refractivity contribution < 1.29 is 5.11 Å². The summed E-state index contributed by atoms with van der Waals surface area (Å²) in [5, 5.41) is 11.9. The molecule has 1 heterocycles. The smallest absolute Gasteiger partial charge is 0.348 e. The van der Waals surface area contributed by atoms with E-state index in [2.05, 4.69) is 16.9 Å². The van der Waals surface area contributed by atoms with Gasteiger partial charge < -0.3 is 5.11 Å². The molecule has 0 amide bonds. The predicted octanol–water partition coefficient (Wildman–Crippen LogP) is -2.06. The maximum atomic E-state index is 11.3. The van der Waals surface area contributed by atoms with Gasteiger partial charge in [-0.3, -0.25) is 4.79 Å². The molecule has 0 aliphatic rings. The van der Waals surface area contributed by atoms with Gasteiger partial charge >= 0.3 is 5.69 Å². The molecule has 0 radical (unpaired) electrons. The van der Waals surface area contributed by atoms with E-state index in [9.17, 15) is 9.59 Å². The average Bonchev–Trinajstić information content (AvgIpc) is 2.18. The summed E-state index contributed by atoms with van der Waals surface area (Å²) in [5.41, 5.74) is -1.02. The van der Waals surface area contributed by atoms with Crippen LogP contribution in [0, 0.1) is 11.8 Å². The summed E-state index contributed by atoms with van der Waals surface area (Å²) >= 11 is 0. The van der Waals surface area contributed by atoms with E-state index in [4.69, 9.17) is 5.11 Å². The Bertz CT molecular complexity index is 489. The second kappa shape index (κ2) is 4.39. The van der Waals surface area contributed by atoms with E-state index in [1.807, 2.05) is 0 Å². The molecule has 0 saturated carbocycles. The minimum atomic E-state index is -0.523. The Morgan fingerprint density at radius 1 is 1.50 bits per heavy atom. The van der Waals surface area contributed by atoms with Gasteiger partial charge in [0, 0.05) is 7.05 Å². The Balaban J connectivity index is 3.14. The fourth-order valence-electron chi connectivity index (χ4n) is 0.860. The summed E-state index contributed by atoms with van der Waals surface area (Å²) in [6.45, 7) is -0.325. The molecule has 0 atom stereocenters. The van der Waals surface area contributed by atoms with Gasteiger partial charge in [0.2, 0.25) is 0 Å². The van der Waals surface area contributed by atoms with Crippen LogP contribution in [-0.2, 0) is 13.6 Å². The van der Waals surface area contributed by atoms with Crippen LogP contribution in [0.5, 0.6) is 0 Å². The molecule has 6 heteroatoms. The number of nitrogens with zero attached hydrogens (tertiary/aromatic N) is 3. The number of aromatic nitrogens is 3. The minimum Gasteiger partial charge on any atom is -0.384 e. The molecule has 0 aliphatic carbocycles. The molecule has 6 nitrogen and oxygen atoms in total. The van der Waals surface area contributed by atoms with Gasteiger partial charge in [0.05, 0.1) is 6.54 Å². The standard InChI is InChI=1S/C8H9N3O3/c1-10-8(14)11(4-2-3-5-12)7(13)6-9-10/h6,12H,4-5H2,1H3. The lowest BCUT2D eigenvalue weighted by Gasteiger charge is -2.00. The Morgan fingerprint density at radius 3 is 2.86 bits per heavy atom. The normalized spacial score (nSPS) is 9.29. The highest BCUT2D eigenvalue weighted by atomic mass is 16.2. The Hall–Kier alpha value is -1.87. The van der Waals surface area contributed by atoms with E-state index in [0.717, 1.165) is 15.4 Å². The Kier molecular flexibility index (Phi) is 3.20. The summed E-state index contributed by atoms with van der Waals surface area (Å²) in [4.78, 5) is 22.5. The molecule has 1 N–H and O–H groups in total. The topological polar surface area (TPSA) is 77.1 Å². The van der Waals surface area contributed by atoms with Crippen LogP contribution >= 0.6 is 0 Å². The van der Waals surface area contributed by atoms with E-state index in [1.54, 1.807) is 0 Å². The predicted molar refractivity (Wildman–Crippen MR) is 48.6 cm³/mol. The van der Waals surface area contributed by atoms with Gasteiger partial charge in [0.25, 0.3) is 5.56 Å². The van der Waals surface area contributed by atoms with Gasteiger partial charge in [-0.25, -0.2) is 14.0 Å². The van der Waals surface area contributed by atoms with Gasteiger partial charge in [-0.1, -0.05) is 11.8 Å². The summed E-state index contributed by atoms with van der Waals surface area (Å²) in [6.07, 6.45) is 1.04. The Morgan fingerprint density at radius 2 is 2.21 bits per heavy atom. The van der Waals surface area contributed by atoms with E-state index in [1.165, 1.54) is 7.05 Å². The first-order valence-corrected chi connectivity index (χ1v) is 3.86. The average molecular weight is 195 g/mol. The molecular formula is C8H9N3O3. The quantitative estimate of drug-likeness (QED) is 0.523. The first kappa shape index (κ1) is 10.2. The largest absolute Gasteiger partial charge is 0.384 e. The molecule has 0 aromatic carbocycles. The van der Waals surface area contributed by atoms with Gasteiger partial charge in [-0.05, 0) is 0 Å². The zero-order valence-electron chi connectivity index (χ0n) is 7.60. The van der Waals surface area contributed by atoms with E-state index < -0.39 is 11.2 Å². The first-order valence-electron chi connectivity index (χ1n) is 3.86. The van der Waals surface area contributed by atoms with E-state index >= 15 is 0 Å². The van der Waals surface area contributed by atoms with Crippen molar-refractivity contribution in [2.24, 2.45) is 7.05 Å². The third-order valence-electron chi connectivity index (χ3n) is 1.56. The summed E-state index contributed by atoms with van der Waals surface area (Å²) in [5.74, 6) is 4.83. The minimum absolute atomic E-state index is 0.0331. The lowest BCUT2D eigenvalue weighted by molar-refractivity contribution is 0.350. The van der Waals surface area contributed by atoms with Crippen LogP contribution in [0.3, 0.4) is 0 Å². The van der Waals surface area contributed by atoms with Crippen molar-refractivity contribution in [3.8, 4) is 11.8 Å². The molecule has 0 spiro atoms. The van der Waals surface area contributed by atoms with Gasteiger partial charge in [-0.15, -0.1) is 0 Å². The van der Waals surface area contributed by atoms with Crippen molar-refractivity contribution >= 4 is 0 Å². The highest BCUT2D eigenvalue weighted by molar-refractivity contribution is 4.99. The van der Waals surface area contributed by atoms with Crippen molar-refractivity contribution in [2.75, 3.05) is 6.61 Å². The molecule has 0 saturated heterocycles. The van der Waals surface area contributed by atoms with Crippen molar-refractivity contribution in [2.45, 2.75) is 6.54 Å². The highest BCUT2D eigenvalue weighted by Gasteiger charge is 2.00. The third kappa shape index (κ3) is 2.08. The third-order valence-corrected chi connectivity index (χ3v) is 1.56. The van der Waals surface area contributed by atoms with Gasteiger partial charge in [-0.2, -0.15) is 5.10 Å². The molecular weight excluding hydrogens is 186 g/mol. The van der Waals surface area contributed by atoms with Crippen LogP contribution in [0.2, 0.25) is 0 Å². The van der Waals surface area contributed by atoms with Crippen LogP contribution in [0.1, 0.15) is 0 Å². The molecule has 0 bridgehead atoms. The summed E-state index contributed by atoms with van der Waals surface area (Å²) < 4.78 is 1.98. The number of aliphatic hydroxyl groups is 1. The molecule has 0 unspecified atom stereocenters.